The second-order valence-corrected chi connectivity index (χ2v) is 2.58. The Labute approximate surface area is 69.7 Å². The van der Waals surface area contributed by atoms with Crippen molar-refractivity contribution < 1.29 is 8.78 Å². The van der Waals surface area contributed by atoms with E-state index in [-0.39, 0.29) is 12.0 Å². The summed E-state index contributed by atoms with van der Waals surface area (Å²) in [6, 6.07) is 0. The van der Waals surface area contributed by atoms with Crippen molar-refractivity contribution in [3.05, 3.63) is 23.8 Å². The second kappa shape index (κ2) is 3.13. The van der Waals surface area contributed by atoms with Gasteiger partial charge in [0.25, 0.3) is 5.92 Å². The molecule has 1 aromatic heterocycles. The summed E-state index contributed by atoms with van der Waals surface area (Å²) in [5.41, 5.74) is -0.115. The van der Waals surface area contributed by atoms with Crippen LogP contribution in [0.5, 0.6) is 0 Å². The summed E-state index contributed by atoms with van der Waals surface area (Å²) >= 11 is 0. The minimum Gasteiger partial charge on any atom is -0.241 e. The SMILES string of the molecule is CCC(F)(F)c1cnc(C)nc1. The first-order valence-corrected chi connectivity index (χ1v) is 3.73. The summed E-state index contributed by atoms with van der Waals surface area (Å²) in [6.07, 6.45) is 2.12. The molecule has 0 unspecified atom stereocenters. The van der Waals surface area contributed by atoms with Crippen LogP contribution >= 0.6 is 0 Å². The fraction of sp³-hybridized carbons (Fsp3) is 0.500. The molecule has 0 N–H and O–H groups in total. The number of halogens is 2. The Morgan fingerprint density at radius 3 is 2.25 bits per heavy atom. The minimum absolute atomic E-state index is 0.115. The molecule has 0 atom stereocenters. The molecule has 0 spiro atoms. The van der Waals surface area contributed by atoms with Gasteiger partial charge in [-0.1, -0.05) is 6.92 Å². The molecular weight excluding hydrogens is 162 g/mol. The first-order valence-electron chi connectivity index (χ1n) is 3.73. The number of aromatic nitrogens is 2. The lowest BCUT2D eigenvalue weighted by Crippen LogP contribution is -2.12. The van der Waals surface area contributed by atoms with Crippen LogP contribution in [0.25, 0.3) is 0 Å². The van der Waals surface area contributed by atoms with E-state index in [2.05, 4.69) is 9.97 Å². The highest BCUT2D eigenvalue weighted by Gasteiger charge is 2.29. The molecule has 2 nitrogen and oxygen atoms in total. The molecule has 1 heterocycles. The fourth-order valence-electron chi connectivity index (χ4n) is 0.786. The molecule has 0 bridgehead atoms. The van der Waals surface area contributed by atoms with E-state index in [1.165, 1.54) is 19.3 Å². The Morgan fingerprint density at radius 1 is 1.33 bits per heavy atom. The first-order chi connectivity index (χ1) is 5.56. The van der Waals surface area contributed by atoms with E-state index < -0.39 is 5.92 Å². The molecule has 0 amide bonds. The van der Waals surface area contributed by atoms with Gasteiger partial charge < -0.3 is 0 Å². The number of aryl methyl sites for hydroxylation is 1. The van der Waals surface area contributed by atoms with Crippen molar-refractivity contribution in [2.24, 2.45) is 0 Å². The van der Waals surface area contributed by atoms with Crippen molar-refractivity contribution in [3.8, 4) is 0 Å². The van der Waals surface area contributed by atoms with Crippen LogP contribution in [0.4, 0.5) is 8.78 Å². The Hall–Kier alpha value is -1.06. The normalized spacial score (nSPS) is 11.7. The smallest absolute Gasteiger partial charge is 0.241 e. The zero-order valence-electron chi connectivity index (χ0n) is 7.01. The lowest BCUT2D eigenvalue weighted by Gasteiger charge is -2.12. The molecule has 0 aliphatic rings. The highest BCUT2D eigenvalue weighted by molar-refractivity contribution is 5.11. The zero-order valence-corrected chi connectivity index (χ0v) is 7.01. The molecule has 0 saturated heterocycles. The lowest BCUT2D eigenvalue weighted by molar-refractivity contribution is -0.00900. The maximum atomic E-state index is 12.9. The van der Waals surface area contributed by atoms with Gasteiger partial charge in [0.05, 0.1) is 5.56 Å². The maximum Gasteiger partial charge on any atom is 0.275 e. The molecule has 66 valence electrons. The number of hydrogen-bond acceptors (Lipinski definition) is 2. The van der Waals surface area contributed by atoms with Crippen molar-refractivity contribution >= 4 is 0 Å². The minimum atomic E-state index is -2.80. The first kappa shape index (κ1) is 9.03. The summed E-state index contributed by atoms with van der Waals surface area (Å²) in [7, 11) is 0. The number of hydrogen-bond donors (Lipinski definition) is 0. The molecule has 0 radical (unpaired) electrons. The van der Waals surface area contributed by atoms with E-state index in [1.807, 2.05) is 0 Å². The van der Waals surface area contributed by atoms with Crippen LogP contribution in [0.2, 0.25) is 0 Å². The molecule has 0 aromatic carbocycles. The molecule has 1 aromatic rings. The Balaban J connectivity index is 2.96. The lowest BCUT2D eigenvalue weighted by atomic mass is 10.1. The molecule has 1 rings (SSSR count). The van der Waals surface area contributed by atoms with Gasteiger partial charge in [-0.15, -0.1) is 0 Å². The average Bonchev–Trinajstić information content (AvgIpc) is 2.05. The molecule has 0 saturated carbocycles. The number of nitrogens with zero attached hydrogens (tertiary/aromatic N) is 2. The summed E-state index contributed by atoms with van der Waals surface area (Å²) in [5.74, 6) is -2.29. The molecule has 0 aliphatic carbocycles. The van der Waals surface area contributed by atoms with Crippen LogP contribution in [-0.4, -0.2) is 9.97 Å². The summed E-state index contributed by atoms with van der Waals surface area (Å²) in [5, 5.41) is 0. The van der Waals surface area contributed by atoms with Gasteiger partial charge in [0.1, 0.15) is 5.82 Å². The van der Waals surface area contributed by atoms with E-state index in [1.54, 1.807) is 6.92 Å². The predicted octanol–water partition coefficient (Wildman–Crippen LogP) is 2.29. The molecule has 12 heavy (non-hydrogen) atoms. The van der Waals surface area contributed by atoms with Crippen LogP contribution in [0, 0.1) is 6.92 Å². The fourth-order valence-corrected chi connectivity index (χ4v) is 0.786. The quantitative estimate of drug-likeness (QED) is 0.684. The van der Waals surface area contributed by atoms with Crippen LogP contribution in [0.1, 0.15) is 24.7 Å². The molecule has 0 fully saturated rings. The third-order valence-electron chi connectivity index (χ3n) is 1.65. The van der Waals surface area contributed by atoms with Crippen LogP contribution in [0.15, 0.2) is 12.4 Å². The Kier molecular flexibility index (Phi) is 2.35. The van der Waals surface area contributed by atoms with Crippen LogP contribution < -0.4 is 0 Å². The molecule has 0 aliphatic heterocycles. The zero-order chi connectivity index (χ0) is 9.19. The Morgan fingerprint density at radius 2 is 1.83 bits per heavy atom. The van der Waals surface area contributed by atoms with E-state index >= 15 is 0 Å². The van der Waals surface area contributed by atoms with Gasteiger partial charge in [-0.2, -0.15) is 0 Å². The van der Waals surface area contributed by atoms with Gasteiger partial charge in [0.15, 0.2) is 0 Å². The standard InChI is InChI=1S/C8H10F2N2/c1-3-8(9,10)7-4-11-6(2)12-5-7/h4-5H,3H2,1-2H3. The number of rotatable bonds is 2. The van der Waals surface area contributed by atoms with E-state index in [0.717, 1.165) is 0 Å². The average molecular weight is 172 g/mol. The van der Waals surface area contributed by atoms with Gasteiger partial charge in [0.2, 0.25) is 0 Å². The van der Waals surface area contributed by atoms with Gasteiger partial charge in [-0.3, -0.25) is 0 Å². The van der Waals surface area contributed by atoms with Gasteiger partial charge in [0, 0.05) is 18.8 Å². The van der Waals surface area contributed by atoms with Crippen molar-refractivity contribution in [2.75, 3.05) is 0 Å². The van der Waals surface area contributed by atoms with Gasteiger partial charge >= 0.3 is 0 Å². The van der Waals surface area contributed by atoms with Crippen LogP contribution in [-0.2, 0) is 5.92 Å². The van der Waals surface area contributed by atoms with E-state index in [4.69, 9.17) is 0 Å². The summed E-state index contributed by atoms with van der Waals surface area (Å²) in [6.45, 7) is 3.09. The Bertz CT molecular complexity index is 256. The van der Waals surface area contributed by atoms with Crippen molar-refractivity contribution in [1.82, 2.24) is 9.97 Å². The van der Waals surface area contributed by atoms with E-state index in [9.17, 15) is 8.78 Å². The van der Waals surface area contributed by atoms with Gasteiger partial charge in [-0.25, -0.2) is 18.7 Å². The summed E-state index contributed by atoms with van der Waals surface area (Å²) < 4.78 is 25.9. The summed E-state index contributed by atoms with van der Waals surface area (Å²) in [4.78, 5) is 7.40. The predicted molar refractivity (Wildman–Crippen MR) is 41.0 cm³/mol. The monoisotopic (exact) mass is 172 g/mol. The third kappa shape index (κ3) is 1.75. The topological polar surface area (TPSA) is 25.8 Å². The van der Waals surface area contributed by atoms with Crippen LogP contribution in [0.3, 0.4) is 0 Å². The van der Waals surface area contributed by atoms with Crippen molar-refractivity contribution in [1.29, 1.82) is 0 Å². The third-order valence-corrected chi connectivity index (χ3v) is 1.65. The second-order valence-electron chi connectivity index (χ2n) is 2.58. The molecule has 4 heteroatoms. The van der Waals surface area contributed by atoms with Gasteiger partial charge in [-0.05, 0) is 6.92 Å². The molecular formula is C8H10F2N2. The van der Waals surface area contributed by atoms with E-state index in [0.29, 0.717) is 5.82 Å². The number of alkyl halides is 2. The highest BCUT2D eigenvalue weighted by Crippen LogP contribution is 2.29. The maximum absolute atomic E-state index is 12.9. The largest absolute Gasteiger partial charge is 0.275 e. The highest BCUT2D eigenvalue weighted by atomic mass is 19.3. The van der Waals surface area contributed by atoms with Crippen molar-refractivity contribution in [3.63, 3.8) is 0 Å². The van der Waals surface area contributed by atoms with Crippen molar-refractivity contribution in [2.45, 2.75) is 26.2 Å².